The zero-order chi connectivity index (χ0) is 20.9. The summed E-state index contributed by atoms with van der Waals surface area (Å²) in [6.07, 6.45) is 6.95. The highest BCUT2D eigenvalue weighted by atomic mass is 32.2. The Hall–Kier alpha value is -2.32. The van der Waals surface area contributed by atoms with Crippen molar-refractivity contribution in [1.29, 1.82) is 0 Å². The van der Waals surface area contributed by atoms with Crippen LogP contribution in [-0.4, -0.2) is 28.3 Å². The third-order valence-electron chi connectivity index (χ3n) is 5.74. The van der Waals surface area contributed by atoms with E-state index < -0.39 is 0 Å². The Morgan fingerprint density at radius 2 is 1.90 bits per heavy atom. The number of hydrogen-bond acceptors (Lipinski definition) is 5. The van der Waals surface area contributed by atoms with Crippen molar-refractivity contribution >= 4 is 17.7 Å². The molecular formula is C24H28N2O2S. The molecule has 0 unspecified atom stereocenters. The van der Waals surface area contributed by atoms with Gasteiger partial charge < -0.3 is 4.74 Å². The van der Waals surface area contributed by atoms with Gasteiger partial charge in [0.1, 0.15) is 12.2 Å². The van der Waals surface area contributed by atoms with Crippen molar-refractivity contribution in [2.45, 2.75) is 63.7 Å². The number of carbonyl (C=O) groups is 1. The van der Waals surface area contributed by atoms with Crippen LogP contribution >= 0.6 is 11.8 Å². The molecule has 1 aliphatic heterocycles. The smallest absolute Gasteiger partial charge is 0.313 e. The maximum Gasteiger partial charge on any atom is 0.313 e. The summed E-state index contributed by atoms with van der Waals surface area (Å²) in [5, 5.41) is 0. The number of carbonyl (C=O) groups excluding carboxylic acids is 1. The van der Waals surface area contributed by atoms with Crippen LogP contribution in [0.4, 0.5) is 0 Å². The number of aryl methyl sites for hydroxylation is 1. The molecule has 2 heterocycles. The summed E-state index contributed by atoms with van der Waals surface area (Å²) >= 11 is 1.96. The lowest BCUT2D eigenvalue weighted by Gasteiger charge is -2.38. The van der Waals surface area contributed by atoms with Crippen molar-refractivity contribution in [3.05, 3.63) is 52.6 Å². The minimum atomic E-state index is -0.316. The maximum absolute atomic E-state index is 11.5. The van der Waals surface area contributed by atoms with Gasteiger partial charge in [-0.3, -0.25) is 4.79 Å². The zero-order valence-electron chi connectivity index (χ0n) is 17.7. The first-order valence-electron chi connectivity index (χ1n) is 10.3. The van der Waals surface area contributed by atoms with Gasteiger partial charge in [-0.25, -0.2) is 9.97 Å². The standard InChI is InChI=1S/C24H28N2O2S/c1-5-24(6-2)10-11-29-21-12-17(4)19(13-20(21)24)9-8-18-15-25-22(26-16-18)14-23(27)28-7-3/h12-13,15-16H,5-7,10-11,14H2,1-4H3. The van der Waals surface area contributed by atoms with Gasteiger partial charge in [-0.05, 0) is 67.5 Å². The summed E-state index contributed by atoms with van der Waals surface area (Å²) in [6.45, 7) is 8.85. The second-order valence-electron chi connectivity index (χ2n) is 7.37. The number of benzene rings is 1. The van der Waals surface area contributed by atoms with E-state index in [0.29, 0.717) is 12.4 Å². The molecule has 29 heavy (non-hydrogen) atoms. The summed E-state index contributed by atoms with van der Waals surface area (Å²) in [7, 11) is 0. The van der Waals surface area contributed by atoms with Gasteiger partial charge in [0, 0.05) is 22.9 Å². The fraction of sp³-hybridized carbons (Fsp3) is 0.458. The molecule has 0 N–H and O–H groups in total. The Kier molecular flexibility index (Phi) is 6.97. The van der Waals surface area contributed by atoms with E-state index in [0.717, 1.165) is 24.0 Å². The highest BCUT2D eigenvalue weighted by molar-refractivity contribution is 7.99. The quantitative estimate of drug-likeness (QED) is 0.523. The molecule has 4 nitrogen and oxygen atoms in total. The number of fused-ring (bicyclic) bond motifs is 1. The lowest BCUT2D eigenvalue weighted by atomic mass is 9.73. The molecule has 0 amide bonds. The number of esters is 1. The van der Waals surface area contributed by atoms with Gasteiger partial charge in [-0.15, -0.1) is 11.8 Å². The molecule has 5 heteroatoms. The molecule has 0 fully saturated rings. The Labute approximate surface area is 177 Å². The minimum Gasteiger partial charge on any atom is -0.466 e. The van der Waals surface area contributed by atoms with E-state index in [4.69, 9.17) is 4.74 Å². The molecule has 2 aromatic rings. The molecule has 0 spiro atoms. The van der Waals surface area contributed by atoms with Gasteiger partial charge in [-0.2, -0.15) is 0 Å². The van der Waals surface area contributed by atoms with Crippen molar-refractivity contribution < 1.29 is 9.53 Å². The van der Waals surface area contributed by atoms with Crippen molar-refractivity contribution in [3.63, 3.8) is 0 Å². The van der Waals surface area contributed by atoms with Crippen molar-refractivity contribution in [3.8, 4) is 11.8 Å². The van der Waals surface area contributed by atoms with Crippen LogP contribution in [-0.2, 0) is 21.4 Å². The highest BCUT2D eigenvalue weighted by Crippen LogP contribution is 2.46. The first-order chi connectivity index (χ1) is 14.0. The largest absolute Gasteiger partial charge is 0.466 e. The number of aromatic nitrogens is 2. The summed E-state index contributed by atoms with van der Waals surface area (Å²) in [5.74, 6) is 7.82. The van der Waals surface area contributed by atoms with Crippen LogP contribution in [0, 0.1) is 18.8 Å². The molecule has 1 aromatic heterocycles. The van der Waals surface area contributed by atoms with E-state index in [-0.39, 0.29) is 17.8 Å². The lowest BCUT2D eigenvalue weighted by Crippen LogP contribution is -2.29. The maximum atomic E-state index is 11.5. The predicted molar refractivity (Wildman–Crippen MR) is 117 cm³/mol. The van der Waals surface area contributed by atoms with E-state index >= 15 is 0 Å². The van der Waals surface area contributed by atoms with E-state index in [9.17, 15) is 4.79 Å². The third kappa shape index (κ3) is 4.82. The first kappa shape index (κ1) is 21.4. The van der Waals surface area contributed by atoms with Gasteiger partial charge in [-0.1, -0.05) is 25.7 Å². The van der Waals surface area contributed by atoms with E-state index in [2.05, 4.69) is 54.7 Å². The molecule has 0 saturated heterocycles. The normalized spacial score (nSPS) is 14.5. The average Bonchev–Trinajstić information content (AvgIpc) is 2.73. The summed E-state index contributed by atoms with van der Waals surface area (Å²) < 4.78 is 4.93. The van der Waals surface area contributed by atoms with Crippen molar-refractivity contribution in [2.24, 2.45) is 0 Å². The fourth-order valence-electron chi connectivity index (χ4n) is 3.82. The number of hydrogen-bond donors (Lipinski definition) is 0. The molecule has 1 aliphatic rings. The van der Waals surface area contributed by atoms with Crippen molar-refractivity contribution in [1.82, 2.24) is 9.97 Å². The first-order valence-corrected chi connectivity index (χ1v) is 11.3. The molecule has 3 rings (SSSR count). The Morgan fingerprint density at radius 3 is 2.55 bits per heavy atom. The van der Waals surface area contributed by atoms with Gasteiger partial charge in [0.25, 0.3) is 0 Å². The molecule has 1 aromatic carbocycles. The van der Waals surface area contributed by atoms with Crippen LogP contribution < -0.4 is 0 Å². The topological polar surface area (TPSA) is 52.1 Å². The Bertz CT molecular complexity index is 938. The van der Waals surface area contributed by atoms with E-state index in [1.807, 2.05) is 11.8 Å². The lowest BCUT2D eigenvalue weighted by molar-refractivity contribution is -0.142. The van der Waals surface area contributed by atoms with E-state index in [1.165, 1.54) is 28.2 Å². The van der Waals surface area contributed by atoms with Crippen LogP contribution in [0.2, 0.25) is 0 Å². The second kappa shape index (κ2) is 9.45. The molecule has 0 atom stereocenters. The molecule has 0 bridgehead atoms. The summed E-state index contributed by atoms with van der Waals surface area (Å²) in [5.41, 5.74) is 4.72. The van der Waals surface area contributed by atoms with Crippen LogP contribution in [0.15, 0.2) is 29.4 Å². The van der Waals surface area contributed by atoms with Crippen LogP contribution in [0.3, 0.4) is 0 Å². The molecule has 152 valence electrons. The van der Waals surface area contributed by atoms with Crippen LogP contribution in [0.1, 0.15) is 68.1 Å². The monoisotopic (exact) mass is 408 g/mol. The SMILES string of the molecule is CCOC(=O)Cc1ncc(C#Cc2cc3c(cc2C)SCCC3(CC)CC)cn1. The third-order valence-corrected chi connectivity index (χ3v) is 6.80. The van der Waals surface area contributed by atoms with Gasteiger partial charge >= 0.3 is 5.97 Å². The van der Waals surface area contributed by atoms with Gasteiger partial charge in [0.15, 0.2) is 0 Å². The second-order valence-corrected chi connectivity index (χ2v) is 8.51. The molecule has 0 aliphatic carbocycles. The minimum absolute atomic E-state index is 0.0826. The predicted octanol–water partition coefficient (Wildman–Crippen LogP) is 4.84. The molecule has 0 radical (unpaired) electrons. The van der Waals surface area contributed by atoms with E-state index in [1.54, 1.807) is 19.3 Å². The van der Waals surface area contributed by atoms with Crippen LogP contribution in [0.5, 0.6) is 0 Å². The number of rotatable bonds is 5. The number of nitrogens with zero attached hydrogens (tertiary/aromatic N) is 2. The zero-order valence-corrected chi connectivity index (χ0v) is 18.5. The molecule has 0 saturated carbocycles. The average molecular weight is 409 g/mol. The Balaban J connectivity index is 1.85. The van der Waals surface area contributed by atoms with Gasteiger partial charge in [0.05, 0.1) is 12.2 Å². The van der Waals surface area contributed by atoms with Crippen LogP contribution in [0.25, 0.3) is 0 Å². The van der Waals surface area contributed by atoms with Crippen molar-refractivity contribution in [2.75, 3.05) is 12.4 Å². The Morgan fingerprint density at radius 1 is 1.17 bits per heavy atom. The van der Waals surface area contributed by atoms with Gasteiger partial charge in [0.2, 0.25) is 0 Å². The summed E-state index contributed by atoms with van der Waals surface area (Å²) in [4.78, 5) is 21.4. The fourth-order valence-corrected chi connectivity index (χ4v) is 5.22. The summed E-state index contributed by atoms with van der Waals surface area (Å²) in [6, 6.07) is 4.59. The number of thioether (sulfide) groups is 1. The molecular weight excluding hydrogens is 380 g/mol. The number of ether oxygens (including phenoxy) is 1. The highest BCUT2D eigenvalue weighted by Gasteiger charge is 2.34.